The van der Waals surface area contributed by atoms with E-state index in [1.807, 2.05) is 24.3 Å². The number of ether oxygens (including phenoxy) is 1. The lowest BCUT2D eigenvalue weighted by molar-refractivity contribution is -0.0790. The van der Waals surface area contributed by atoms with Crippen molar-refractivity contribution in [1.29, 1.82) is 0 Å². The highest BCUT2D eigenvalue weighted by atomic mass is 16.5. The minimum absolute atomic E-state index is 0.334. The average molecular weight is 327 g/mol. The number of hydrogen-bond acceptors (Lipinski definition) is 3. The van der Waals surface area contributed by atoms with Crippen molar-refractivity contribution in [3.8, 4) is 5.75 Å². The Bertz CT molecular complexity index is 630. The summed E-state index contributed by atoms with van der Waals surface area (Å²) in [6, 6.07) is 7.32. The predicted octanol–water partition coefficient (Wildman–Crippen LogP) is 3.23. The van der Waals surface area contributed by atoms with E-state index >= 15 is 0 Å². The molecule has 2 amide bonds. The molecule has 1 aromatic rings. The first-order valence-electron chi connectivity index (χ1n) is 8.93. The van der Waals surface area contributed by atoms with Gasteiger partial charge >= 0.3 is 6.03 Å². The molecule has 4 aliphatic rings. The van der Waals surface area contributed by atoms with Crippen LogP contribution in [0.3, 0.4) is 0 Å². The number of primary amides is 1. The lowest BCUT2D eigenvalue weighted by Gasteiger charge is -2.53. The van der Waals surface area contributed by atoms with Crippen molar-refractivity contribution in [2.75, 3.05) is 7.05 Å². The van der Waals surface area contributed by atoms with E-state index in [0.717, 1.165) is 28.2 Å². The molecule has 0 spiro atoms. The Morgan fingerprint density at radius 2 is 1.79 bits per heavy atom. The monoisotopic (exact) mass is 327 g/mol. The molecule has 0 atom stereocenters. The number of nitrogens with two attached hydrogens (primary N) is 1. The summed E-state index contributed by atoms with van der Waals surface area (Å²) in [5.41, 5.74) is 6.10. The minimum Gasteiger partial charge on any atom is -0.489 e. The number of nitrogens with zero attached hydrogens (tertiary/aromatic N) is 2. The van der Waals surface area contributed by atoms with Crippen LogP contribution in [0.5, 0.6) is 5.75 Å². The number of rotatable bonds is 4. The van der Waals surface area contributed by atoms with Gasteiger partial charge in [-0.05, 0) is 67.9 Å². The number of hydrazone groups is 1. The van der Waals surface area contributed by atoms with Crippen LogP contribution in [0.25, 0.3) is 0 Å². The lowest BCUT2D eigenvalue weighted by Crippen LogP contribution is -2.50. The maximum Gasteiger partial charge on any atom is 0.334 e. The Hall–Kier alpha value is -2.04. The minimum atomic E-state index is -0.578. The van der Waals surface area contributed by atoms with E-state index in [9.17, 15) is 4.79 Å². The third-order valence-electron chi connectivity index (χ3n) is 6.01. The summed E-state index contributed by atoms with van der Waals surface area (Å²) in [5, 5.41) is 5.22. The van der Waals surface area contributed by atoms with Crippen molar-refractivity contribution in [1.82, 2.24) is 5.01 Å². The zero-order valence-electron chi connectivity index (χ0n) is 14.1. The standard InChI is InChI=1S/C19H25N3O2/c1-22(19(20)23)21-11-14-4-2-3-5-17(14)24-18-15-7-12-6-13(9-15)10-16(18)8-12/h2-5,11-13,15-16,18H,6-10H2,1H3,(H2,20,23). The molecule has 128 valence electrons. The molecular formula is C19H25N3O2. The normalized spacial score (nSPS) is 33.8. The molecule has 0 unspecified atom stereocenters. The number of hydrogen-bond donors (Lipinski definition) is 1. The van der Waals surface area contributed by atoms with Gasteiger partial charge < -0.3 is 10.5 Å². The van der Waals surface area contributed by atoms with Gasteiger partial charge in [0.25, 0.3) is 0 Å². The van der Waals surface area contributed by atoms with E-state index in [-0.39, 0.29) is 0 Å². The molecule has 0 radical (unpaired) electrons. The van der Waals surface area contributed by atoms with Crippen LogP contribution < -0.4 is 10.5 Å². The van der Waals surface area contributed by atoms with E-state index in [0.29, 0.717) is 17.9 Å². The topological polar surface area (TPSA) is 67.9 Å². The summed E-state index contributed by atoms with van der Waals surface area (Å²) in [5.74, 6) is 4.15. The van der Waals surface area contributed by atoms with Gasteiger partial charge in [-0.25, -0.2) is 9.80 Å². The Morgan fingerprint density at radius 1 is 1.17 bits per heavy atom. The van der Waals surface area contributed by atoms with Crippen molar-refractivity contribution < 1.29 is 9.53 Å². The van der Waals surface area contributed by atoms with Crippen LogP contribution in [0.15, 0.2) is 29.4 Å². The van der Waals surface area contributed by atoms with Gasteiger partial charge in [0, 0.05) is 12.6 Å². The van der Waals surface area contributed by atoms with Crippen LogP contribution in [0.2, 0.25) is 0 Å². The molecule has 2 N–H and O–H groups in total. The third kappa shape index (κ3) is 2.87. The predicted molar refractivity (Wildman–Crippen MR) is 92.8 cm³/mol. The second kappa shape index (κ2) is 6.11. The third-order valence-corrected chi connectivity index (χ3v) is 6.01. The summed E-state index contributed by atoms with van der Waals surface area (Å²) in [4.78, 5) is 11.1. The number of carbonyl (C=O) groups is 1. The SMILES string of the molecule is CN(N=Cc1ccccc1OC1C2CC3CC(C2)CC1C3)C(N)=O. The fraction of sp³-hybridized carbons (Fsp3) is 0.579. The van der Waals surface area contributed by atoms with E-state index in [2.05, 4.69) is 5.10 Å². The van der Waals surface area contributed by atoms with Crippen LogP contribution in [0.1, 0.15) is 37.7 Å². The molecule has 4 saturated carbocycles. The Balaban J connectivity index is 1.52. The van der Waals surface area contributed by atoms with Gasteiger partial charge in [-0.1, -0.05) is 12.1 Å². The molecule has 4 bridgehead atoms. The summed E-state index contributed by atoms with van der Waals surface area (Å²) < 4.78 is 6.49. The smallest absolute Gasteiger partial charge is 0.334 e. The number of benzene rings is 1. The maximum absolute atomic E-state index is 11.1. The van der Waals surface area contributed by atoms with Crippen molar-refractivity contribution in [2.24, 2.45) is 34.5 Å². The molecule has 5 heteroatoms. The quantitative estimate of drug-likeness (QED) is 0.681. The first-order chi connectivity index (χ1) is 11.6. The molecule has 4 fully saturated rings. The van der Waals surface area contributed by atoms with Crippen LogP contribution in [0, 0.1) is 23.7 Å². The van der Waals surface area contributed by atoms with Gasteiger partial charge in [0.2, 0.25) is 0 Å². The largest absolute Gasteiger partial charge is 0.489 e. The highest BCUT2D eigenvalue weighted by molar-refractivity contribution is 5.84. The Labute approximate surface area is 142 Å². The molecule has 4 aliphatic carbocycles. The second-order valence-corrected chi connectivity index (χ2v) is 7.66. The summed E-state index contributed by atoms with van der Waals surface area (Å²) in [6.45, 7) is 0. The van der Waals surface area contributed by atoms with Gasteiger partial charge in [0.05, 0.1) is 6.21 Å². The average Bonchev–Trinajstić information content (AvgIpc) is 2.56. The molecule has 5 rings (SSSR count). The van der Waals surface area contributed by atoms with E-state index in [4.69, 9.17) is 10.5 Å². The van der Waals surface area contributed by atoms with Crippen molar-refractivity contribution >= 4 is 12.2 Å². The van der Waals surface area contributed by atoms with Gasteiger partial charge in [-0.2, -0.15) is 5.10 Å². The van der Waals surface area contributed by atoms with Crippen molar-refractivity contribution in [3.05, 3.63) is 29.8 Å². The highest BCUT2D eigenvalue weighted by Crippen LogP contribution is 2.54. The van der Waals surface area contributed by atoms with E-state index in [1.54, 1.807) is 13.3 Å². The molecule has 0 aliphatic heterocycles. The molecular weight excluding hydrogens is 302 g/mol. The van der Waals surface area contributed by atoms with Gasteiger partial charge in [-0.3, -0.25) is 0 Å². The molecule has 0 saturated heterocycles. The number of amides is 2. The molecule has 24 heavy (non-hydrogen) atoms. The summed E-state index contributed by atoms with van der Waals surface area (Å²) in [7, 11) is 1.54. The van der Waals surface area contributed by atoms with Crippen LogP contribution in [0.4, 0.5) is 4.79 Å². The van der Waals surface area contributed by atoms with Crippen molar-refractivity contribution in [3.63, 3.8) is 0 Å². The highest BCUT2D eigenvalue weighted by Gasteiger charge is 2.49. The number of urea groups is 1. The second-order valence-electron chi connectivity index (χ2n) is 7.66. The molecule has 1 aromatic carbocycles. The summed E-state index contributed by atoms with van der Waals surface area (Å²) in [6.07, 6.45) is 8.76. The van der Waals surface area contributed by atoms with Crippen LogP contribution in [-0.4, -0.2) is 30.4 Å². The summed E-state index contributed by atoms with van der Waals surface area (Å²) >= 11 is 0. The van der Waals surface area contributed by atoms with Crippen LogP contribution >= 0.6 is 0 Å². The van der Waals surface area contributed by atoms with Gasteiger partial charge in [0.15, 0.2) is 0 Å². The first-order valence-corrected chi connectivity index (χ1v) is 8.93. The van der Waals surface area contributed by atoms with Gasteiger partial charge in [-0.15, -0.1) is 0 Å². The zero-order valence-corrected chi connectivity index (χ0v) is 14.1. The zero-order chi connectivity index (χ0) is 16.7. The fourth-order valence-electron chi connectivity index (χ4n) is 5.11. The molecule has 0 heterocycles. The maximum atomic E-state index is 11.1. The van der Waals surface area contributed by atoms with Crippen LogP contribution in [-0.2, 0) is 0 Å². The number of carbonyl (C=O) groups excluding carboxylic acids is 1. The number of para-hydroxylation sites is 1. The fourth-order valence-corrected chi connectivity index (χ4v) is 5.11. The van der Waals surface area contributed by atoms with Gasteiger partial charge in [0.1, 0.15) is 11.9 Å². The van der Waals surface area contributed by atoms with E-state index in [1.165, 1.54) is 32.1 Å². The van der Waals surface area contributed by atoms with E-state index < -0.39 is 6.03 Å². The van der Waals surface area contributed by atoms with Crippen molar-refractivity contribution in [2.45, 2.75) is 38.2 Å². The lowest BCUT2D eigenvalue weighted by atomic mass is 9.55. The first kappa shape index (κ1) is 15.5. The Kier molecular flexibility index (Phi) is 3.94. The Morgan fingerprint density at radius 3 is 2.42 bits per heavy atom. The molecule has 5 nitrogen and oxygen atoms in total. The molecule has 0 aromatic heterocycles.